The summed E-state index contributed by atoms with van der Waals surface area (Å²) in [4.78, 5) is 0. The lowest BCUT2D eigenvalue weighted by atomic mass is 9.94. The molecule has 0 heterocycles. The SMILES string of the molecule is CC(C)(C)CC[SiH2]S(=O)(=O)O. The molecule has 3 nitrogen and oxygen atoms in total. The Morgan fingerprint density at radius 2 is 1.82 bits per heavy atom. The highest BCUT2D eigenvalue weighted by atomic mass is 32.4. The predicted molar refractivity (Wildman–Crippen MR) is 49.0 cm³/mol. The molecular formula is C6H16O3SSi. The van der Waals surface area contributed by atoms with Crippen LogP contribution in [0.3, 0.4) is 0 Å². The van der Waals surface area contributed by atoms with Crippen LogP contribution >= 0.6 is 0 Å². The molecule has 0 unspecified atom stereocenters. The van der Waals surface area contributed by atoms with Crippen LogP contribution in [0.25, 0.3) is 0 Å². The van der Waals surface area contributed by atoms with Gasteiger partial charge in [-0.3, -0.25) is 4.55 Å². The Kier molecular flexibility index (Phi) is 3.73. The average Bonchev–Trinajstić information content (AvgIpc) is 1.55. The molecule has 0 amide bonds. The fourth-order valence-electron chi connectivity index (χ4n) is 0.785. The van der Waals surface area contributed by atoms with Gasteiger partial charge in [-0.1, -0.05) is 27.2 Å². The second-order valence-corrected chi connectivity index (χ2v) is 9.64. The van der Waals surface area contributed by atoms with Gasteiger partial charge < -0.3 is 0 Å². The first-order chi connectivity index (χ1) is 4.71. The molecule has 0 aromatic heterocycles. The highest BCUT2D eigenvalue weighted by Gasteiger charge is 2.12. The van der Waals surface area contributed by atoms with E-state index in [1.807, 2.05) is 0 Å². The smallest absolute Gasteiger partial charge is 0.220 e. The van der Waals surface area contributed by atoms with Crippen LogP contribution in [0.15, 0.2) is 0 Å². The molecule has 0 aromatic rings. The third-order valence-electron chi connectivity index (χ3n) is 1.33. The summed E-state index contributed by atoms with van der Waals surface area (Å²) in [5, 5.41) is 0. The minimum absolute atomic E-state index is 0.178. The summed E-state index contributed by atoms with van der Waals surface area (Å²) in [5.74, 6) is 0. The van der Waals surface area contributed by atoms with Crippen molar-refractivity contribution in [3.63, 3.8) is 0 Å². The van der Waals surface area contributed by atoms with E-state index < -0.39 is 18.2 Å². The molecule has 5 heteroatoms. The maximum absolute atomic E-state index is 10.3. The Labute approximate surface area is 70.4 Å². The van der Waals surface area contributed by atoms with Gasteiger partial charge in [0.1, 0.15) is 0 Å². The van der Waals surface area contributed by atoms with Gasteiger partial charge in [-0.25, -0.2) is 8.42 Å². The Bertz CT molecular complexity index is 202. The van der Waals surface area contributed by atoms with E-state index in [-0.39, 0.29) is 5.41 Å². The standard InChI is InChI=1S/C6H16O3SSi/c1-6(2,3)4-5-11-10(7,8)9/h4-5,11H2,1-3H3,(H,7,8,9). The number of hydrogen-bond donors (Lipinski definition) is 1. The van der Waals surface area contributed by atoms with Gasteiger partial charge in [0.25, 0.3) is 0 Å². The quantitative estimate of drug-likeness (QED) is 0.537. The van der Waals surface area contributed by atoms with Crippen LogP contribution < -0.4 is 0 Å². The normalized spacial score (nSPS) is 14.5. The van der Waals surface area contributed by atoms with E-state index in [1.54, 1.807) is 0 Å². The van der Waals surface area contributed by atoms with Crippen LogP contribution in [0.5, 0.6) is 0 Å². The minimum atomic E-state index is -3.61. The largest absolute Gasteiger partial charge is 0.292 e. The van der Waals surface area contributed by atoms with E-state index in [4.69, 9.17) is 4.55 Å². The number of rotatable bonds is 3. The molecule has 0 aliphatic heterocycles. The predicted octanol–water partition coefficient (Wildman–Crippen LogP) is 0.812. The van der Waals surface area contributed by atoms with Gasteiger partial charge in [-0.05, 0) is 11.5 Å². The summed E-state index contributed by atoms with van der Waals surface area (Å²) in [6.07, 6.45) is 0.874. The molecule has 0 fully saturated rings. The average molecular weight is 196 g/mol. The third-order valence-corrected chi connectivity index (χ3v) is 4.90. The van der Waals surface area contributed by atoms with Crippen molar-refractivity contribution in [1.82, 2.24) is 0 Å². The molecule has 11 heavy (non-hydrogen) atoms. The van der Waals surface area contributed by atoms with E-state index in [0.29, 0.717) is 6.04 Å². The molecule has 0 saturated heterocycles. The van der Waals surface area contributed by atoms with Gasteiger partial charge in [-0.15, -0.1) is 0 Å². The summed E-state index contributed by atoms with van der Waals surface area (Å²) in [7, 11) is -4.91. The van der Waals surface area contributed by atoms with Crippen LogP contribution in [0.2, 0.25) is 6.04 Å². The van der Waals surface area contributed by atoms with Gasteiger partial charge in [-0.2, -0.15) is 0 Å². The van der Waals surface area contributed by atoms with E-state index in [2.05, 4.69) is 20.8 Å². The first kappa shape index (κ1) is 11.1. The van der Waals surface area contributed by atoms with Crippen LogP contribution in [-0.4, -0.2) is 21.6 Å². The van der Waals surface area contributed by atoms with Crippen molar-refractivity contribution < 1.29 is 13.0 Å². The van der Waals surface area contributed by atoms with Crippen LogP contribution in [0, 0.1) is 5.41 Å². The minimum Gasteiger partial charge on any atom is -0.292 e. The second-order valence-electron chi connectivity index (χ2n) is 3.95. The molecule has 0 rings (SSSR count). The van der Waals surface area contributed by atoms with Gasteiger partial charge in [0.15, 0.2) is 8.67 Å². The van der Waals surface area contributed by atoms with Crippen molar-refractivity contribution in [3.8, 4) is 0 Å². The number of hydrogen-bond acceptors (Lipinski definition) is 2. The van der Waals surface area contributed by atoms with E-state index in [1.165, 1.54) is 0 Å². The zero-order chi connectivity index (χ0) is 9.12. The highest BCUT2D eigenvalue weighted by molar-refractivity contribution is 8.10. The second kappa shape index (κ2) is 3.69. The summed E-state index contributed by atoms with van der Waals surface area (Å²) in [5.41, 5.74) is 0.178. The summed E-state index contributed by atoms with van der Waals surface area (Å²) in [6.45, 7) is 6.18. The topological polar surface area (TPSA) is 54.4 Å². The molecule has 0 atom stereocenters. The summed E-state index contributed by atoms with van der Waals surface area (Å²) in [6, 6.07) is 0.669. The van der Waals surface area contributed by atoms with Crippen LogP contribution in [0.1, 0.15) is 27.2 Å². The van der Waals surface area contributed by atoms with Crippen molar-refractivity contribution in [1.29, 1.82) is 0 Å². The zero-order valence-electron chi connectivity index (χ0n) is 7.29. The Morgan fingerprint density at radius 1 is 1.36 bits per heavy atom. The lowest BCUT2D eigenvalue weighted by Crippen LogP contribution is -2.12. The summed E-state index contributed by atoms with van der Waals surface area (Å²) < 4.78 is 29.1. The zero-order valence-corrected chi connectivity index (χ0v) is 9.52. The van der Waals surface area contributed by atoms with Crippen molar-refractivity contribution >= 4 is 18.2 Å². The van der Waals surface area contributed by atoms with Gasteiger partial charge >= 0.3 is 0 Å². The van der Waals surface area contributed by atoms with Crippen molar-refractivity contribution in [2.45, 2.75) is 33.2 Å². The Hall–Kier alpha value is 0.127. The maximum Gasteiger partial charge on any atom is 0.220 e. The van der Waals surface area contributed by atoms with E-state index in [0.717, 1.165) is 6.42 Å². The van der Waals surface area contributed by atoms with E-state index in [9.17, 15) is 8.42 Å². The lowest BCUT2D eigenvalue weighted by Gasteiger charge is -2.16. The van der Waals surface area contributed by atoms with E-state index >= 15 is 0 Å². The molecule has 0 saturated carbocycles. The first-order valence-electron chi connectivity index (χ1n) is 3.66. The Morgan fingerprint density at radius 3 is 2.09 bits per heavy atom. The fraction of sp³-hybridized carbons (Fsp3) is 1.00. The lowest BCUT2D eigenvalue weighted by molar-refractivity contribution is 0.397. The molecule has 0 aromatic carbocycles. The van der Waals surface area contributed by atoms with Gasteiger partial charge in [0.2, 0.25) is 9.57 Å². The molecule has 0 aliphatic rings. The molecular weight excluding hydrogens is 180 g/mol. The molecule has 0 aliphatic carbocycles. The highest BCUT2D eigenvalue weighted by Crippen LogP contribution is 2.20. The third kappa shape index (κ3) is 10.1. The monoisotopic (exact) mass is 196 g/mol. The molecule has 0 spiro atoms. The van der Waals surface area contributed by atoms with Crippen molar-refractivity contribution in [2.75, 3.05) is 0 Å². The molecule has 0 bridgehead atoms. The molecule has 68 valence electrons. The molecule has 1 N–H and O–H groups in total. The van der Waals surface area contributed by atoms with Crippen LogP contribution in [-0.2, 0) is 9.57 Å². The summed E-state index contributed by atoms with van der Waals surface area (Å²) >= 11 is 0. The maximum atomic E-state index is 10.3. The molecule has 0 radical (unpaired) electrons. The van der Waals surface area contributed by atoms with Gasteiger partial charge in [0.05, 0.1) is 0 Å². The van der Waals surface area contributed by atoms with Crippen molar-refractivity contribution in [3.05, 3.63) is 0 Å². The fourth-order valence-corrected chi connectivity index (χ4v) is 3.88. The first-order valence-corrected chi connectivity index (χ1v) is 8.00. The van der Waals surface area contributed by atoms with Gasteiger partial charge in [0, 0.05) is 0 Å². The van der Waals surface area contributed by atoms with Crippen molar-refractivity contribution in [2.24, 2.45) is 5.41 Å². The van der Waals surface area contributed by atoms with Crippen LogP contribution in [0.4, 0.5) is 0 Å². The Balaban J connectivity index is 3.61.